The molecule has 114 valence electrons. The Morgan fingerprint density at radius 2 is 1.82 bits per heavy atom. The van der Waals surface area contributed by atoms with Gasteiger partial charge in [0, 0.05) is 5.56 Å². The highest BCUT2D eigenvalue weighted by atomic mass is 16.5. The first-order chi connectivity index (χ1) is 10.4. The molecular formula is C15H13NO6. The van der Waals surface area contributed by atoms with Crippen molar-refractivity contribution in [3.8, 4) is 17.2 Å². The number of phenolic OH excluding ortho intramolecular Hbond substituents is 2. The molecule has 0 radical (unpaired) electrons. The van der Waals surface area contributed by atoms with Crippen molar-refractivity contribution in [2.45, 2.75) is 0 Å². The number of nitrogens with one attached hydrogen (secondary N) is 1. The summed E-state index contributed by atoms with van der Waals surface area (Å²) in [6.45, 7) is 0. The normalized spacial score (nSPS) is 10.0. The van der Waals surface area contributed by atoms with Crippen LogP contribution in [0.2, 0.25) is 0 Å². The van der Waals surface area contributed by atoms with Crippen molar-refractivity contribution in [1.29, 1.82) is 0 Å². The van der Waals surface area contributed by atoms with Crippen molar-refractivity contribution in [2.24, 2.45) is 0 Å². The zero-order chi connectivity index (χ0) is 16.3. The molecular weight excluding hydrogens is 290 g/mol. The molecule has 0 aromatic heterocycles. The van der Waals surface area contributed by atoms with E-state index in [4.69, 9.17) is 9.84 Å². The lowest BCUT2D eigenvalue weighted by Gasteiger charge is -2.10. The van der Waals surface area contributed by atoms with Crippen molar-refractivity contribution in [3.05, 3.63) is 47.5 Å². The molecule has 22 heavy (non-hydrogen) atoms. The van der Waals surface area contributed by atoms with E-state index in [1.165, 1.54) is 37.4 Å². The van der Waals surface area contributed by atoms with E-state index in [-0.39, 0.29) is 34.1 Å². The van der Waals surface area contributed by atoms with Gasteiger partial charge in [-0.15, -0.1) is 0 Å². The molecule has 2 aromatic carbocycles. The van der Waals surface area contributed by atoms with Gasteiger partial charge in [0.05, 0.1) is 18.4 Å². The summed E-state index contributed by atoms with van der Waals surface area (Å²) < 4.78 is 4.87. The predicted octanol–water partition coefficient (Wildman–Crippen LogP) is 2.06. The van der Waals surface area contributed by atoms with Gasteiger partial charge >= 0.3 is 5.97 Å². The largest absolute Gasteiger partial charge is 0.508 e. The van der Waals surface area contributed by atoms with Gasteiger partial charge in [0.1, 0.15) is 5.75 Å². The van der Waals surface area contributed by atoms with Crippen LogP contribution in [0.15, 0.2) is 36.4 Å². The number of hydrogen-bond acceptors (Lipinski definition) is 5. The van der Waals surface area contributed by atoms with Gasteiger partial charge in [0.15, 0.2) is 11.5 Å². The molecule has 0 unspecified atom stereocenters. The quantitative estimate of drug-likeness (QED) is 0.642. The Morgan fingerprint density at radius 3 is 2.41 bits per heavy atom. The van der Waals surface area contributed by atoms with E-state index in [2.05, 4.69) is 5.32 Å². The SMILES string of the molecule is COc1ccc(C(=O)Nc2ccc(O)cc2C(=O)O)cc1O. The molecule has 0 bridgehead atoms. The van der Waals surface area contributed by atoms with Crippen LogP contribution in [0.5, 0.6) is 17.2 Å². The lowest BCUT2D eigenvalue weighted by molar-refractivity contribution is 0.0697. The van der Waals surface area contributed by atoms with Crippen LogP contribution in [0.1, 0.15) is 20.7 Å². The molecule has 2 aromatic rings. The molecule has 0 aliphatic rings. The highest BCUT2D eigenvalue weighted by molar-refractivity contribution is 6.08. The van der Waals surface area contributed by atoms with Crippen molar-refractivity contribution < 1.29 is 29.6 Å². The van der Waals surface area contributed by atoms with Gasteiger partial charge in [-0.1, -0.05) is 0 Å². The van der Waals surface area contributed by atoms with Gasteiger partial charge < -0.3 is 25.4 Å². The average molecular weight is 303 g/mol. The van der Waals surface area contributed by atoms with Crippen LogP contribution in [0.4, 0.5) is 5.69 Å². The van der Waals surface area contributed by atoms with Crippen LogP contribution in [0.25, 0.3) is 0 Å². The number of carbonyl (C=O) groups is 2. The number of amides is 1. The number of carboxylic acid groups (broad SMARTS) is 1. The van der Waals surface area contributed by atoms with Crippen LogP contribution >= 0.6 is 0 Å². The van der Waals surface area contributed by atoms with E-state index < -0.39 is 11.9 Å². The van der Waals surface area contributed by atoms with Crippen LogP contribution in [0.3, 0.4) is 0 Å². The van der Waals surface area contributed by atoms with Gasteiger partial charge in [-0.25, -0.2) is 4.79 Å². The maximum Gasteiger partial charge on any atom is 0.337 e. The maximum atomic E-state index is 12.1. The van der Waals surface area contributed by atoms with Crippen molar-refractivity contribution >= 4 is 17.6 Å². The second-order valence-corrected chi connectivity index (χ2v) is 4.38. The number of rotatable bonds is 4. The zero-order valence-corrected chi connectivity index (χ0v) is 11.5. The molecule has 0 atom stereocenters. The van der Waals surface area contributed by atoms with Gasteiger partial charge in [-0.05, 0) is 36.4 Å². The summed E-state index contributed by atoms with van der Waals surface area (Å²) in [5.74, 6) is -2.11. The van der Waals surface area contributed by atoms with Crippen LogP contribution in [-0.2, 0) is 0 Å². The van der Waals surface area contributed by atoms with Crippen molar-refractivity contribution in [1.82, 2.24) is 0 Å². The predicted molar refractivity (Wildman–Crippen MR) is 77.7 cm³/mol. The van der Waals surface area contributed by atoms with E-state index in [0.29, 0.717) is 0 Å². The van der Waals surface area contributed by atoms with E-state index in [0.717, 1.165) is 6.07 Å². The van der Waals surface area contributed by atoms with E-state index in [1.807, 2.05) is 0 Å². The first-order valence-corrected chi connectivity index (χ1v) is 6.17. The number of aromatic hydroxyl groups is 2. The third-order valence-electron chi connectivity index (χ3n) is 2.92. The molecule has 0 fully saturated rings. The van der Waals surface area contributed by atoms with Gasteiger partial charge in [-0.2, -0.15) is 0 Å². The fourth-order valence-corrected chi connectivity index (χ4v) is 1.84. The van der Waals surface area contributed by atoms with Crippen LogP contribution < -0.4 is 10.1 Å². The summed E-state index contributed by atoms with van der Waals surface area (Å²) in [5, 5.41) is 30.4. The van der Waals surface area contributed by atoms with E-state index >= 15 is 0 Å². The summed E-state index contributed by atoms with van der Waals surface area (Å²) in [4.78, 5) is 23.2. The molecule has 0 aliphatic heterocycles. The Bertz CT molecular complexity index is 741. The monoisotopic (exact) mass is 303 g/mol. The van der Waals surface area contributed by atoms with Gasteiger partial charge in [0.2, 0.25) is 0 Å². The number of carboxylic acids is 1. The molecule has 7 nitrogen and oxygen atoms in total. The topological polar surface area (TPSA) is 116 Å². The lowest BCUT2D eigenvalue weighted by atomic mass is 10.1. The highest BCUT2D eigenvalue weighted by Crippen LogP contribution is 2.27. The van der Waals surface area contributed by atoms with E-state index in [1.54, 1.807) is 0 Å². The molecule has 1 amide bonds. The number of carbonyl (C=O) groups excluding carboxylic acids is 1. The molecule has 0 saturated carbocycles. The minimum Gasteiger partial charge on any atom is -0.508 e. The molecule has 0 aliphatic carbocycles. The third-order valence-corrected chi connectivity index (χ3v) is 2.92. The first kappa shape index (κ1) is 15.2. The Kier molecular flexibility index (Phi) is 4.17. The minimum absolute atomic E-state index is 0.0330. The number of aromatic carboxylic acids is 1. The highest BCUT2D eigenvalue weighted by Gasteiger charge is 2.15. The summed E-state index contributed by atoms with van der Waals surface area (Å²) >= 11 is 0. The fraction of sp³-hybridized carbons (Fsp3) is 0.0667. The van der Waals surface area contributed by atoms with Crippen molar-refractivity contribution in [3.63, 3.8) is 0 Å². The Labute approximate surface area is 125 Å². The Hall–Kier alpha value is -3.22. The smallest absolute Gasteiger partial charge is 0.337 e. The van der Waals surface area contributed by atoms with Crippen LogP contribution in [-0.4, -0.2) is 34.3 Å². The van der Waals surface area contributed by atoms with Crippen molar-refractivity contribution in [2.75, 3.05) is 12.4 Å². The number of methoxy groups -OCH3 is 1. The zero-order valence-electron chi connectivity index (χ0n) is 11.5. The number of hydrogen-bond donors (Lipinski definition) is 4. The first-order valence-electron chi connectivity index (χ1n) is 6.17. The van der Waals surface area contributed by atoms with Gasteiger partial charge in [-0.3, -0.25) is 4.79 Å². The molecule has 0 heterocycles. The van der Waals surface area contributed by atoms with Gasteiger partial charge in [0.25, 0.3) is 5.91 Å². The molecule has 0 saturated heterocycles. The molecule has 4 N–H and O–H groups in total. The Morgan fingerprint density at radius 1 is 1.09 bits per heavy atom. The number of anilines is 1. The summed E-state index contributed by atoms with van der Waals surface area (Å²) in [7, 11) is 1.38. The number of benzene rings is 2. The summed E-state index contributed by atoms with van der Waals surface area (Å²) in [6, 6.07) is 7.61. The third kappa shape index (κ3) is 3.09. The Balaban J connectivity index is 2.29. The van der Waals surface area contributed by atoms with E-state index in [9.17, 15) is 19.8 Å². The average Bonchev–Trinajstić information content (AvgIpc) is 2.48. The number of ether oxygens (including phenoxy) is 1. The number of phenols is 2. The fourth-order valence-electron chi connectivity index (χ4n) is 1.84. The molecule has 0 spiro atoms. The minimum atomic E-state index is -1.29. The second kappa shape index (κ2) is 6.04. The standard InChI is InChI=1S/C15H13NO6/c1-22-13-5-2-8(6-12(13)18)14(19)16-11-4-3-9(17)7-10(11)15(20)21/h2-7,17-18H,1H3,(H,16,19)(H,20,21). The lowest BCUT2D eigenvalue weighted by Crippen LogP contribution is -2.14. The molecule has 2 rings (SSSR count). The second-order valence-electron chi connectivity index (χ2n) is 4.38. The maximum absolute atomic E-state index is 12.1. The molecule has 7 heteroatoms. The van der Waals surface area contributed by atoms with Crippen LogP contribution in [0, 0.1) is 0 Å². The summed E-state index contributed by atoms with van der Waals surface area (Å²) in [5.41, 5.74) is -0.0839. The summed E-state index contributed by atoms with van der Waals surface area (Å²) in [6.07, 6.45) is 0.